The van der Waals surface area contributed by atoms with Crippen LogP contribution in [-0.4, -0.2) is 15.0 Å². The zero-order chi connectivity index (χ0) is 98.4. The first kappa shape index (κ1) is 85.0. The summed E-state index contributed by atoms with van der Waals surface area (Å²) in [6, 6.07) is 175. The van der Waals surface area contributed by atoms with Crippen LogP contribution in [0.25, 0.3) is 311 Å². The Hall–Kier alpha value is -19.6. The number of aromatic nitrogens is 3. The lowest BCUT2D eigenvalue weighted by Gasteiger charge is -2.22. The van der Waals surface area contributed by atoms with Crippen molar-refractivity contribution in [2.24, 2.45) is 0 Å². The van der Waals surface area contributed by atoms with Crippen molar-refractivity contribution in [3.63, 3.8) is 0 Å². The number of benzene rings is 26. The standard InChI is InChI=1S/C53H31NO.C47H27NO.C43H28N2/c1-2-13-32(14-3-1)51-46-28-36(25-26-43(46)49-42-23-10-8-21-40(42)41-22-9-11-24-44(41)52(49)54-51)33-18-12-19-37(27-33)45-30-38-17-6-7-20-39(38)50-47-29-34-15-4-5-16-35(34)31-48(47)55-53(45)50;1-2-13-29-27-42-41(25-28(29)12-1)44-33-17-4-3-14-31(33)26-40(47(44)49-42)30-15-11-16-32(24-30)45-39-23-10-8-21-37(39)43-36-20-7-5-18-34(36)35-19-6-9-22-38(35)46(43)48-45;1-43(2)38-24-28(17-20-32(38)33-22-19-29(44-3)25-39(33)43)27-18-21-35-37(23-27)41(26-11-5-4-6-12-26)45-42-36-16-10-8-14-31(36)30-13-7-9-15-34(30)40(35)42/h1-31H;1-27H;4-25H,1-2H3. The van der Waals surface area contributed by atoms with Gasteiger partial charge in [0.25, 0.3) is 0 Å². The predicted octanol–water partition coefficient (Wildman–Crippen LogP) is 40.0. The quantitative estimate of drug-likeness (QED) is 0.117. The summed E-state index contributed by atoms with van der Waals surface area (Å²) in [5, 5.41) is 39.5. The molecule has 0 bridgehead atoms. The number of pyridine rings is 3. The Balaban J connectivity index is 0.000000103. The molecule has 0 fully saturated rings. The van der Waals surface area contributed by atoms with E-state index in [1.807, 2.05) is 6.07 Å². The molecule has 6 heteroatoms. The predicted molar refractivity (Wildman–Crippen MR) is 629 cm³/mol. The number of rotatable bonds is 7. The molecule has 149 heavy (non-hydrogen) atoms. The van der Waals surface area contributed by atoms with E-state index in [1.54, 1.807) is 0 Å². The van der Waals surface area contributed by atoms with E-state index < -0.39 is 0 Å². The van der Waals surface area contributed by atoms with Gasteiger partial charge in [-0.1, -0.05) is 432 Å². The van der Waals surface area contributed by atoms with Crippen molar-refractivity contribution >= 4 is 222 Å². The summed E-state index contributed by atoms with van der Waals surface area (Å²) >= 11 is 0. The van der Waals surface area contributed by atoms with Gasteiger partial charge in [0, 0.05) is 103 Å². The molecule has 26 aromatic carbocycles. The molecule has 1 aliphatic rings. The van der Waals surface area contributed by atoms with Gasteiger partial charge in [-0.25, -0.2) is 19.8 Å². The molecule has 5 heterocycles. The maximum absolute atomic E-state index is 7.54. The Morgan fingerprint density at radius 1 is 0.188 bits per heavy atom. The molecular weight excluding hydrogens is 1810 g/mol. The molecule has 31 aromatic rings. The molecule has 0 N–H and O–H groups in total. The van der Waals surface area contributed by atoms with Crippen molar-refractivity contribution in [3.8, 4) is 89.4 Å². The topological polar surface area (TPSA) is 69.3 Å². The molecule has 0 saturated carbocycles. The molecule has 0 saturated heterocycles. The first-order chi connectivity index (χ1) is 73.6. The second-order valence-corrected chi connectivity index (χ2v) is 40.3. The zero-order valence-corrected chi connectivity index (χ0v) is 81.3. The van der Waals surface area contributed by atoms with Crippen LogP contribution >= 0.6 is 0 Å². The van der Waals surface area contributed by atoms with Gasteiger partial charge in [-0.3, -0.25) is 0 Å². The Labute approximate surface area is 856 Å². The summed E-state index contributed by atoms with van der Waals surface area (Å²) < 4.78 is 13.6. The molecule has 5 aromatic heterocycles. The fourth-order valence-corrected chi connectivity index (χ4v) is 24.8. The minimum Gasteiger partial charge on any atom is -0.455 e. The SMILES string of the molecule is [C-]#[N+]c1ccc2c(c1)C(C)(C)c1cc(-c3ccc4c(c3)c(-c3ccccc3)nc3c5ccccc5c5ccccc5c43)ccc1-2.c1cc(-c2nc3c4ccccc4c4ccccc4c3c3ccccc23)cc(-c2cc3ccccc3c3c2oc2cc4ccccc4cc23)c1.c1ccc(-c2nc3c4ccccc4c4ccccc4c3c3ccc(-c4cccc(-c5cc6ccccc6c6c5oc5cc7ccccc7cc56)c4)cc23)cc1. The molecule has 0 amide bonds. The maximum Gasteiger partial charge on any atom is 0.187 e. The molecule has 0 radical (unpaired) electrons. The van der Waals surface area contributed by atoms with Gasteiger partial charge < -0.3 is 8.83 Å². The van der Waals surface area contributed by atoms with E-state index in [1.165, 1.54) is 173 Å². The third-order valence-corrected chi connectivity index (χ3v) is 31.8. The van der Waals surface area contributed by atoms with Crippen LogP contribution in [-0.2, 0) is 5.41 Å². The Morgan fingerprint density at radius 2 is 0.483 bits per heavy atom. The summed E-state index contributed by atoms with van der Waals surface area (Å²) in [5.41, 5.74) is 27.6. The van der Waals surface area contributed by atoms with Crippen LogP contribution < -0.4 is 0 Å². The second kappa shape index (κ2) is 33.5. The number of fused-ring (bicyclic) bond motifs is 39. The normalized spacial score (nSPS) is 12.4. The largest absolute Gasteiger partial charge is 0.455 e. The van der Waals surface area contributed by atoms with Crippen molar-refractivity contribution < 1.29 is 8.83 Å². The summed E-state index contributed by atoms with van der Waals surface area (Å²) in [6.07, 6.45) is 0. The fraction of sp³-hybridized carbons (Fsp3) is 0.0210. The molecule has 0 spiro atoms. The van der Waals surface area contributed by atoms with Crippen LogP contribution in [0, 0.1) is 6.57 Å². The second-order valence-electron chi connectivity index (χ2n) is 40.3. The first-order valence-corrected chi connectivity index (χ1v) is 51.1. The summed E-state index contributed by atoms with van der Waals surface area (Å²) in [5.74, 6) is 0. The van der Waals surface area contributed by atoms with Crippen LogP contribution in [0.3, 0.4) is 0 Å². The Bertz CT molecular complexity index is 11300. The highest BCUT2D eigenvalue weighted by Gasteiger charge is 2.37. The average Bonchev–Trinajstić information content (AvgIpc) is 1.72. The molecule has 1 aliphatic carbocycles. The van der Waals surface area contributed by atoms with E-state index in [4.69, 9.17) is 30.4 Å². The Kier molecular flexibility index (Phi) is 19.1. The van der Waals surface area contributed by atoms with Gasteiger partial charge >= 0.3 is 0 Å². The minimum atomic E-state index is -0.189. The number of nitrogens with zero attached hydrogens (tertiary/aromatic N) is 4. The molecule has 6 nitrogen and oxygen atoms in total. The summed E-state index contributed by atoms with van der Waals surface area (Å²) in [6.45, 7) is 12.1. The van der Waals surface area contributed by atoms with Gasteiger partial charge in [-0.2, -0.15) is 0 Å². The van der Waals surface area contributed by atoms with E-state index in [0.717, 1.165) is 144 Å². The van der Waals surface area contributed by atoms with E-state index in [0.29, 0.717) is 5.69 Å². The smallest absolute Gasteiger partial charge is 0.187 e. The molecule has 0 aliphatic heterocycles. The van der Waals surface area contributed by atoms with Gasteiger partial charge in [-0.15, -0.1) is 0 Å². The van der Waals surface area contributed by atoms with Crippen molar-refractivity contribution in [2.75, 3.05) is 0 Å². The number of hydrogen-bond donors (Lipinski definition) is 0. The van der Waals surface area contributed by atoms with E-state index >= 15 is 0 Å². The molecule has 0 atom stereocenters. The van der Waals surface area contributed by atoms with Crippen LogP contribution in [0.5, 0.6) is 0 Å². The van der Waals surface area contributed by atoms with E-state index in [2.05, 4.69) is 498 Å². The van der Waals surface area contributed by atoms with E-state index in [-0.39, 0.29) is 5.41 Å². The highest BCUT2D eigenvalue weighted by molar-refractivity contribution is 6.36. The molecule has 690 valence electrons. The van der Waals surface area contributed by atoms with Crippen molar-refractivity contribution in [1.82, 2.24) is 15.0 Å². The molecular formula is C143H86N4O2. The van der Waals surface area contributed by atoms with Crippen molar-refractivity contribution in [1.29, 1.82) is 0 Å². The molecule has 32 rings (SSSR count). The highest BCUT2D eigenvalue weighted by atomic mass is 16.3. The van der Waals surface area contributed by atoms with Crippen LogP contribution in [0.2, 0.25) is 0 Å². The summed E-state index contributed by atoms with van der Waals surface area (Å²) in [4.78, 5) is 20.3. The lowest BCUT2D eigenvalue weighted by Crippen LogP contribution is -2.14. The first-order valence-electron chi connectivity index (χ1n) is 51.1. The van der Waals surface area contributed by atoms with Crippen LogP contribution in [0.1, 0.15) is 25.0 Å². The summed E-state index contributed by atoms with van der Waals surface area (Å²) in [7, 11) is 0. The fourth-order valence-electron chi connectivity index (χ4n) is 24.8. The molecule has 0 unspecified atom stereocenters. The van der Waals surface area contributed by atoms with Crippen LogP contribution in [0.15, 0.2) is 494 Å². The van der Waals surface area contributed by atoms with Crippen LogP contribution in [0.4, 0.5) is 5.69 Å². The van der Waals surface area contributed by atoms with E-state index in [9.17, 15) is 0 Å². The van der Waals surface area contributed by atoms with Gasteiger partial charge in [0.2, 0.25) is 0 Å². The average molecular weight is 1890 g/mol. The third-order valence-electron chi connectivity index (χ3n) is 31.8. The van der Waals surface area contributed by atoms with Gasteiger partial charge in [0.05, 0.1) is 40.2 Å². The Morgan fingerprint density at radius 3 is 0.913 bits per heavy atom. The highest BCUT2D eigenvalue weighted by Crippen LogP contribution is 2.55. The third kappa shape index (κ3) is 13.4. The number of hydrogen-bond acceptors (Lipinski definition) is 5. The lowest BCUT2D eigenvalue weighted by molar-refractivity contribution is 0.661. The monoisotopic (exact) mass is 1890 g/mol. The van der Waals surface area contributed by atoms with Gasteiger partial charge in [0.1, 0.15) is 22.3 Å². The van der Waals surface area contributed by atoms with Crippen molar-refractivity contribution in [2.45, 2.75) is 19.3 Å². The zero-order valence-electron chi connectivity index (χ0n) is 81.3. The van der Waals surface area contributed by atoms with Gasteiger partial charge in [0.15, 0.2) is 5.69 Å². The van der Waals surface area contributed by atoms with Gasteiger partial charge in [-0.05, 0) is 230 Å². The maximum atomic E-state index is 7.54. The van der Waals surface area contributed by atoms with Crippen molar-refractivity contribution in [3.05, 3.63) is 508 Å². The lowest BCUT2D eigenvalue weighted by atomic mass is 9.81. The number of furan rings is 2. The minimum absolute atomic E-state index is 0.189.